The molecular weight excluding hydrogens is 612 g/mol. The van der Waals surface area contributed by atoms with Crippen molar-refractivity contribution in [2.24, 2.45) is 17.6 Å². The lowest BCUT2D eigenvalue weighted by Crippen LogP contribution is -2.50. The van der Waals surface area contributed by atoms with E-state index in [9.17, 15) is 14.4 Å². The molecule has 14 heteroatoms. The van der Waals surface area contributed by atoms with E-state index >= 15 is 0 Å². The number of H-pyrrole nitrogens is 1. The van der Waals surface area contributed by atoms with Crippen LogP contribution in [0.15, 0.2) is 54.7 Å². The number of aryl methyl sites for hydroxylation is 1. The number of nitrogens with two attached hydrogens (primary N) is 2. The Balaban J connectivity index is 1.31. The highest BCUT2D eigenvalue weighted by Gasteiger charge is 2.35. The van der Waals surface area contributed by atoms with Crippen LogP contribution in [0.25, 0.3) is 22.5 Å². The lowest BCUT2D eigenvalue weighted by molar-refractivity contribution is -0.130. The second-order valence-corrected chi connectivity index (χ2v) is 13.1. The summed E-state index contributed by atoms with van der Waals surface area (Å²) in [6.07, 6.45) is 4.01. The van der Waals surface area contributed by atoms with E-state index in [4.69, 9.17) is 16.2 Å². The fourth-order valence-corrected chi connectivity index (χ4v) is 5.89. The first-order valence-corrected chi connectivity index (χ1v) is 16.0. The number of amides is 3. The molecule has 0 aliphatic heterocycles. The van der Waals surface area contributed by atoms with Gasteiger partial charge in [0.2, 0.25) is 11.9 Å². The number of carbonyl (C=O) groups excluding carboxylic acids is 3. The van der Waals surface area contributed by atoms with Crippen LogP contribution in [0.4, 0.5) is 16.4 Å². The van der Waals surface area contributed by atoms with E-state index in [2.05, 4.69) is 35.9 Å². The number of ether oxygens (including phenoxy) is 1. The predicted octanol–water partition coefficient (Wildman–Crippen LogP) is 3.98. The quantitative estimate of drug-likeness (QED) is 0.203. The molecule has 1 fully saturated rings. The van der Waals surface area contributed by atoms with Crippen molar-refractivity contribution in [3.63, 3.8) is 0 Å². The monoisotopic (exact) mass is 654 g/mol. The number of tetrazole rings is 1. The highest BCUT2D eigenvalue weighted by Crippen LogP contribution is 2.32. The fourth-order valence-electron chi connectivity index (χ4n) is 5.89. The minimum absolute atomic E-state index is 0.196. The highest BCUT2D eigenvalue weighted by molar-refractivity contribution is 6.17. The summed E-state index contributed by atoms with van der Waals surface area (Å²) in [4.78, 5) is 50.0. The van der Waals surface area contributed by atoms with Crippen molar-refractivity contribution >= 4 is 29.5 Å². The molecule has 0 radical (unpaired) electrons. The summed E-state index contributed by atoms with van der Waals surface area (Å²) in [5, 5.41) is 16.7. The van der Waals surface area contributed by atoms with E-state index < -0.39 is 23.6 Å². The van der Waals surface area contributed by atoms with Crippen molar-refractivity contribution in [1.29, 1.82) is 0 Å². The largest absolute Gasteiger partial charge is 0.444 e. The lowest BCUT2D eigenvalue weighted by Gasteiger charge is -2.32. The molecule has 5 rings (SSSR count). The van der Waals surface area contributed by atoms with E-state index in [-0.39, 0.29) is 30.1 Å². The first-order valence-electron chi connectivity index (χ1n) is 16.0. The molecule has 6 N–H and O–H groups in total. The van der Waals surface area contributed by atoms with Crippen LogP contribution in [0.2, 0.25) is 0 Å². The lowest BCUT2D eigenvalue weighted by atomic mass is 9.81. The van der Waals surface area contributed by atoms with Gasteiger partial charge in [-0.05, 0) is 112 Å². The summed E-state index contributed by atoms with van der Waals surface area (Å²) in [7, 11) is 0. The molecule has 0 saturated heterocycles. The molecule has 2 aromatic carbocycles. The summed E-state index contributed by atoms with van der Waals surface area (Å²) < 4.78 is 5.35. The molecule has 1 saturated carbocycles. The zero-order valence-corrected chi connectivity index (χ0v) is 27.6. The second kappa shape index (κ2) is 14.7. The minimum Gasteiger partial charge on any atom is -0.444 e. The molecule has 48 heavy (non-hydrogen) atoms. The SMILES string of the molecule is Cc1nc(N)ncc1-c1cccc(C[C@H](N)C(=O)N(c2ccc(-c3nnn[nH]3)cc2)C(=O)[C@H]2CC[C@H](CNC(=O)OC(C)(C)C)CC2)c1. The number of hydrogen-bond donors (Lipinski definition) is 4. The number of hydrogen-bond acceptors (Lipinski definition) is 11. The Labute approximate surface area is 279 Å². The fraction of sp³-hybridized carbons (Fsp3) is 0.412. The first-order chi connectivity index (χ1) is 22.9. The molecule has 0 bridgehead atoms. The number of benzene rings is 2. The Morgan fingerprint density at radius 2 is 1.79 bits per heavy atom. The van der Waals surface area contributed by atoms with Crippen molar-refractivity contribution in [3.05, 3.63) is 66.0 Å². The van der Waals surface area contributed by atoms with Gasteiger partial charge in [0.1, 0.15) is 5.60 Å². The first kappa shape index (κ1) is 34.1. The molecule has 14 nitrogen and oxygen atoms in total. The third-order valence-electron chi connectivity index (χ3n) is 8.32. The number of aromatic amines is 1. The van der Waals surface area contributed by atoms with Crippen LogP contribution in [-0.2, 0) is 20.7 Å². The van der Waals surface area contributed by atoms with Gasteiger partial charge in [0.15, 0.2) is 5.82 Å². The number of rotatable bonds is 9. The number of nitrogen functional groups attached to an aromatic ring is 1. The van der Waals surface area contributed by atoms with Gasteiger partial charge in [-0.1, -0.05) is 24.3 Å². The van der Waals surface area contributed by atoms with Crippen LogP contribution >= 0.6 is 0 Å². The molecule has 3 amide bonds. The van der Waals surface area contributed by atoms with E-state index in [0.717, 1.165) is 35.2 Å². The molecule has 0 unspecified atom stereocenters. The molecule has 2 heterocycles. The Hall–Kier alpha value is -5.24. The standard InChI is InChI=1S/C34H42N10O4/c1-20-27(19-37-32(36)39-20)25-7-5-6-22(16-25)17-28(35)31(46)44(26-14-12-23(13-15-26)29-40-42-43-41-29)30(45)24-10-8-21(9-11-24)18-38-33(47)48-34(2,3)4/h5-7,12-16,19,21,24,28H,8-11,17-18,35H2,1-4H3,(H,38,47)(H2,36,37,39)(H,40,41,42,43)/t21-,24-,28-/m0/s1. The molecule has 0 spiro atoms. The zero-order valence-electron chi connectivity index (χ0n) is 27.6. The zero-order chi connectivity index (χ0) is 34.4. The van der Waals surface area contributed by atoms with Gasteiger partial charge in [0.25, 0.3) is 5.91 Å². The summed E-state index contributed by atoms with van der Waals surface area (Å²) in [5.74, 6) is -0.325. The smallest absolute Gasteiger partial charge is 0.407 e. The van der Waals surface area contributed by atoms with Crippen molar-refractivity contribution in [2.75, 3.05) is 17.2 Å². The maximum atomic E-state index is 14.1. The molecule has 1 atom stereocenters. The highest BCUT2D eigenvalue weighted by atomic mass is 16.6. The molecular formula is C34H42N10O4. The molecule has 1 aliphatic rings. The summed E-state index contributed by atoms with van der Waals surface area (Å²) >= 11 is 0. The van der Waals surface area contributed by atoms with Gasteiger partial charge in [0, 0.05) is 29.8 Å². The number of nitrogens with zero attached hydrogens (tertiary/aromatic N) is 6. The van der Waals surface area contributed by atoms with Gasteiger partial charge < -0.3 is 21.5 Å². The average molecular weight is 655 g/mol. The van der Waals surface area contributed by atoms with Gasteiger partial charge in [-0.15, -0.1) is 5.10 Å². The van der Waals surface area contributed by atoms with Crippen LogP contribution in [0, 0.1) is 18.8 Å². The Morgan fingerprint density at radius 3 is 2.44 bits per heavy atom. The Kier molecular flexibility index (Phi) is 10.4. The van der Waals surface area contributed by atoms with Crippen molar-refractivity contribution < 1.29 is 19.1 Å². The maximum absolute atomic E-state index is 14.1. The van der Waals surface area contributed by atoms with E-state index in [1.54, 1.807) is 30.5 Å². The van der Waals surface area contributed by atoms with Crippen molar-refractivity contribution in [2.45, 2.75) is 71.4 Å². The van der Waals surface area contributed by atoms with Crippen LogP contribution < -0.4 is 21.7 Å². The summed E-state index contributed by atoms with van der Waals surface area (Å²) in [5.41, 5.74) is 16.1. The third-order valence-corrected chi connectivity index (χ3v) is 8.32. The van der Waals surface area contributed by atoms with Gasteiger partial charge in [-0.25, -0.2) is 24.8 Å². The maximum Gasteiger partial charge on any atom is 0.407 e. The normalized spacial score (nSPS) is 16.9. The van der Waals surface area contributed by atoms with E-state index in [1.165, 1.54) is 4.90 Å². The summed E-state index contributed by atoms with van der Waals surface area (Å²) in [6, 6.07) is 13.5. The Morgan fingerprint density at radius 1 is 1.06 bits per heavy atom. The number of imide groups is 1. The van der Waals surface area contributed by atoms with Gasteiger partial charge >= 0.3 is 6.09 Å². The molecule has 2 aromatic heterocycles. The molecule has 252 valence electrons. The third kappa shape index (κ3) is 8.56. The van der Waals surface area contributed by atoms with E-state index in [0.29, 0.717) is 36.5 Å². The number of carbonyl (C=O) groups is 3. The van der Waals surface area contributed by atoms with Gasteiger partial charge in [0.05, 0.1) is 17.4 Å². The van der Waals surface area contributed by atoms with Gasteiger partial charge in [-0.3, -0.25) is 9.59 Å². The minimum atomic E-state index is -1.000. The van der Waals surface area contributed by atoms with Crippen LogP contribution in [0.3, 0.4) is 0 Å². The molecule has 4 aromatic rings. The van der Waals surface area contributed by atoms with Crippen molar-refractivity contribution in [3.8, 4) is 22.5 Å². The van der Waals surface area contributed by atoms with Crippen LogP contribution in [0.1, 0.15) is 57.7 Å². The number of alkyl carbamates (subject to hydrolysis) is 1. The van der Waals surface area contributed by atoms with Crippen LogP contribution in [-0.4, -0.2) is 66.7 Å². The van der Waals surface area contributed by atoms with Gasteiger partial charge in [-0.2, -0.15) is 0 Å². The molecule has 1 aliphatic carbocycles. The predicted molar refractivity (Wildman–Crippen MR) is 180 cm³/mol. The Bertz CT molecular complexity index is 1730. The van der Waals surface area contributed by atoms with Crippen LogP contribution in [0.5, 0.6) is 0 Å². The number of anilines is 2. The average Bonchev–Trinajstić information content (AvgIpc) is 3.59. The summed E-state index contributed by atoms with van der Waals surface area (Å²) in [6.45, 7) is 7.76. The topological polar surface area (TPSA) is 208 Å². The van der Waals surface area contributed by atoms with E-state index in [1.807, 2.05) is 52.0 Å². The number of nitrogens with one attached hydrogen (secondary N) is 2. The van der Waals surface area contributed by atoms with Crippen molar-refractivity contribution in [1.82, 2.24) is 35.9 Å². The number of aromatic nitrogens is 6. The second-order valence-electron chi connectivity index (χ2n) is 13.1.